The smallest absolute Gasteiger partial charge is 0.256 e. The van der Waals surface area contributed by atoms with Crippen molar-refractivity contribution in [1.82, 2.24) is 4.90 Å². The quantitative estimate of drug-likeness (QED) is 0.450. The maximum atomic E-state index is 13.4. The maximum absolute atomic E-state index is 13.4. The molecule has 0 atom stereocenters. The van der Waals surface area contributed by atoms with Gasteiger partial charge in [-0.05, 0) is 60.1 Å². The molecule has 1 amide bonds. The van der Waals surface area contributed by atoms with Gasteiger partial charge in [0, 0.05) is 6.42 Å². The lowest BCUT2D eigenvalue weighted by Crippen LogP contribution is -2.40. The molecule has 0 bridgehead atoms. The summed E-state index contributed by atoms with van der Waals surface area (Å²) >= 11 is 0. The van der Waals surface area contributed by atoms with Gasteiger partial charge in [0.15, 0.2) is 0 Å². The molecule has 4 nitrogen and oxygen atoms in total. The van der Waals surface area contributed by atoms with Gasteiger partial charge in [-0.2, -0.15) is 0 Å². The average Bonchev–Trinajstić information content (AvgIpc) is 3.39. The molecule has 2 aliphatic rings. The first-order valence-electron chi connectivity index (χ1n) is 12.3. The van der Waals surface area contributed by atoms with E-state index < -0.39 is 5.54 Å². The second-order valence-corrected chi connectivity index (χ2v) is 9.23. The van der Waals surface area contributed by atoms with Gasteiger partial charge in [0.1, 0.15) is 17.1 Å². The summed E-state index contributed by atoms with van der Waals surface area (Å²) in [5.74, 6) is 2.11. The predicted octanol–water partition coefficient (Wildman–Crippen LogP) is 6.56. The fourth-order valence-corrected chi connectivity index (χ4v) is 5.11. The Balaban J connectivity index is 1.56. The fraction of sp³-hybridized carbons (Fsp3) is 0.500. The first-order chi connectivity index (χ1) is 15.6. The molecule has 2 aromatic carbocycles. The van der Waals surface area contributed by atoms with E-state index in [0.717, 1.165) is 74.9 Å². The molecule has 1 aliphatic heterocycles. The van der Waals surface area contributed by atoms with Gasteiger partial charge in [0.25, 0.3) is 5.91 Å². The monoisotopic (exact) mass is 432 g/mol. The lowest BCUT2D eigenvalue weighted by Gasteiger charge is -2.23. The SMILES string of the molecule is CCCCC1=NC2(CCCC2)C(=O)N1Cc1ccc(-c2cc(OC)ccc2CCC)cc1. The highest BCUT2D eigenvalue weighted by molar-refractivity contribution is 6.08. The third-order valence-corrected chi connectivity index (χ3v) is 6.92. The van der Waals surface area contributed by atoms with Crippen LogP contribution in [0.4, 0.5) is 0 Å². The minimum atomic E-state index is -0.460. The molecule has 0 aromatic heterocycles. The standard InChI is InChI=1S/C28H36N2O2/c1-4-6-10-26-29-28(17-7-8-18-28)27(31)30(26)20-21-11-13-23(14-12-21)25-19-24(32-3)16-15-22(25)9-5-2/h11-16,19H,4-10,17-18,20H2,1-3H3. The van der Waals surface area contributed by atoms with Crippen molar-refractivity contribution in [3.8, 4) is 16.9 Å². The number of carbonyl (C=O) groups excluding carboxylic acids is 1. The molecule has 0 saturated heterocycles. The van der Waals surface area contributed by atoms with Crippen LogP contribution in [0.3, 0.4) is 0 Å². The average molecular weight is 433 g/mol. The van der Waals surface area contributed by atoms with E-state index in [1.54, 1.807) is 7.11 Å². The van der Waals surface area contributed by atoms with Crippen LogP contribution in [0.1, 0.15) is 76.3 Å². The Hall–Kier alpha value is -2.62. The topological polar surface area (TPSA) is 41.9 Å². The van der Waals surface area contributed by atoms with Gasteiger partial charge in [0.2, 0.25) is 0 Å². The van der Waals surface area contributed by atoms with Crippen LogP contribution in [0.25, 0.3) is 11.1 Å². The Morgan fingerprint density at radius 2 is 1.75 bits per heavy atom. The molecule has 0 unspecified atom stereocenters. The summed E-state index contributed by atoms with van der Waals surface area (Å²) in [6.07, 6.45) is 9.28. The highest BCUT2D eigenvalue weighted by atomic mass is 16.5. The number of nitrogens with zero attached hydrogens (tertiary/aromatic N) is 2. The largest absolute Gasteiger partial charge is 0.497 e. The first kappa shape index (κ1) is 22.6. The number of unbranched alkanes of at least 4 members (excludes halogenated alkanes) is 1. The zero-order valence-corrected chi connectivity index (χ0v) is 19.8. The minimum Gasteiger partial charge on any atom is -0.497 e. The molecule has 170 valence electrons. The van der Waals surface area contributed by atoms with Crippen LogP contribution < -0.4 is 4.74 Å². The molecule has 32 heavy (non-hydrogen) atoms. The van der Waals surface area contributed by atoms with Crippen LogP contribution >= 0.6 is 0 Å². The first-order valence-corrected chi connectivity index (χ1v) is 12.3. The van der Waals surface area contributed by atoms with Crippen LogP contribution in [0.5, 0.6) is 5.75 Å². The van der Waals surface area contributed by atoms with Gasteiger partial charge in [-0.1, -0.05) is 69.9 Å². The molecule has 4 rings (SSSR count). The van der Waals surface area contributed by atoms with Crippen molar-refractivity contribution < 1.29 is 9.53 Å². The van der Waals surface area contributed by atoms with Crippen molar-refractivity contribution in [2.24, 2.45) is 4.99 Å². The maximum Gasteiger partial charge on any atom is 0.256 e. The lowest BCUT2D eigenvalue weighted by atomic mass is 9.95. The van der Waals surface area contributed by atoms with Crippen molar-refractivity contribution >= 4 is 11.7 Å². The number of carbonyl (C=O) groups is 1. The Bertz CT molecular complexity index is 971. The van der Waals surface area contributed by atoms with E-state index in [0.29, 0.717) is 6.54 Å². The molecule has 1 saturated carbocycles. The van der Waals surface area contributed by atoms with Crippen LogP contribution in [-0.4, -0.2) is 29.3 Å². The zero-order chi connectivity index (χ0) is 22.6. The van der Waals surface area contributed by atoms with E-state index in [9.17, 15) is 4.79 Å². The van der Waals surface area contributed by atoms with Gasteiger partial charge in [0.05, 0.1) is 13.7 Å². The minimum absolute atomic E-state index is 0.225. The Kier molecular flexibility index (Phi) is 6.98. The summed E-state index contributed by atoms with van der Waals surface area (Å²) in [6, 6.07) is 15.0. The van der Waals surface area contributed by atoms with Crippen LogP contribution in [-0.2, 0) is 17.8 Å². The summed E-state index contributed by atoms with van der Waals surface area (Å²) in [7, 11) is 1.71. The van der Waals surface area contributed by atoms with E-state index >= 15 is 0 Å². The van der Waals surface area contributed by atoms with E-state index in [1.165, 1.54) is 16.7 Å². The number of methoxy groups -OCH3 is 1. The van der Waals surface area contributed by atoms with Gasteiger partial charge in [-0.3, -0.25) is 14.7 Å². The molecule has 0 radical (unpaired) electrons. The second kappa shape index (κ2) is 9.89. The molecule has 1 aliphatic carbocycles. The summed E-state index contributed by atoms with van der Waals surface area (Å²) in [5, 5.41) is 0. The number of amides is 1. The number of ether oxygens (including phenoxy) is 1. The Morgan fingerprint density at radius 1 is 1.00 bits per heavy atom. The molecular weight excluding hydrogens is 396 g/mol. The van der Waals surface area contributed by atoms with Crippen molar-refractivity contribution in [3.05, 3.63) is 53.6 Å². The molecule has 1 fully saturated rings. The lowest BCUT2D eigenvalue weighted by molar-refractivity contribution is -0.131. The van der Waals surface area contributed by atoms with Crippen molar-refractivity contribution in [3.63, 3.8) is 0 Å². The van der Waals surface area contributed by atoms with Crippen molar-refractivity contribution in [1.29, 1.82) is 0 Å². The summed E-state index contributed by atoms with van der Waals surface area (Å²) < 4.78 is 5.47. The Morgan fingerprint density at radius 3 is 2.41 bits per heavy atom. The summed E-state index contributed by atoms with van der Waals surface area (Å²) in [4.78, 5) is 20.4. The predicted molar refractivity (Wildman–Crippen MR) is 131 cm³/mol. The molecule has 1 heterocycles. The summed E-state index contributed by atoms with van der Waals surface area (Å²) in [5.41, 5.74) is 4.45. The van der Waals surface area contributed by atoms with Crippen LogP contribution in [0, 0.1) is 0 Å². The van der Waals surface area contributed by atoms with Gasteiger partial charge in [-0.15, -0.1) is 0 Å². The number of aliphatic imine (C=N–C) groups is 1. The normalized spacial score (nSPS) is 17.3. The third-order valence-electron chi connectivity index (χ3n) is 6.92. The second-order valence-electron chi connectivity index (χ2n) is 9.23. The molecule has 2 aromatic rings. The highest BCUT2D eigenvalue weighted by Crippen LogP contribution is 2.40. The van der Waals surface area contributed by atoms with E-state index in [-0.39, 0.29) is 5.91 Å². The van der Waals surface area contributed by atoms with E-state index in [1.807, 2.05) is 11.0 Å². The van der Waals surface area contributed by atoms with Crippen LogP contribution in [0.2, 0.25) is 0 Å². The molecule has 0 N–H and O–H groups in total. The third kappa shape index (κ3) is 4.46. The number of hydrogen-bond acceptors (Lipinski definition) is 3. The summed E-state index contributed by atoms with van der Waals surface area (Å²) in [6.45, 7) is 5.01. The molecule has 1 spiro atoms. The van der Waals surface area contributed by atoms with Crippen molar-refractivity contribution in [2.45, 2.75) is 83.7 Å². The molecular formula is C28H36N2O2. The van der Waals surface area contributed by atoms with Gasteiger partial charge < -0.3 is 4.74 Å². The number of benzene rings is 2. The van der Waals surface area contributed by atoms with E-state index in [2.05, 4.69) is 50.2 Å². The number of rotatable bonds is 9. The van der Waals surface area contributed by atoms with Gasteiger partial charge >= 0.3 is 0 Å². The number of aryl methyl sites for hydroxylation is 1. The zero-order valence-electron chi connectivity index (χ0n) is 19.8. The van der Waals surface area contributed by atoms with Crippen molar-refractivity contribution in [2.75, 3.05) is 7.11 Å². The molecule has 4 heteroatoms. The fourth-order valence-electron chi connectivity index (χ4n) is 5.11. The number of amidine groups is 1. The number of hydrogen-bond donors (Lipinski definition) is 0. The van der Waals surface area contributed by atoms with Gasteiger partial charge in [-0.25, -0.2) is 0 Å². The van der Waals surface area contributed by atoms with E-state index in [4.69, 9.17) is 9.73 Å². The highest BCUT2D eigenvalue weighted by Gasteiger charge is 2.49. The Labute approximate surface area is 192 Å². The van der Waals surface area contributed by atoms with Crippen LogP contribution in [0.15, 0.2) is 47.5 Å².